The number of rotatable bonds is 7. The van der Waals surface area contributed by atoms with Gasteiger partial charge in [0.1, 0.15) is 5.83 Å². The maximum absolute atomic E-state index is 13.3. The van der Waals surface area contributed by atoms with Crippen molar-refractivity contribution in [3.63, 3.8) is 0 Å². The molecule has 0 aromatic rings. The first-order valence-electron chi connectivity index (χ1n) is 9.49. The summed E-state index contributed by atoms with van der Waals surface area (Å²) in [6.45, 7) is 9.34. The molecule has 134 valence electrons. The minimum absolute atomic E-state index is 0.242. The third-order valence-corrected chi connectivity index (χ3v) is 4.26. The highest BCUT2D eigenvalue weighted by Gasteiger charge is 2.04. The van der Waals surface area contributed by atoms with Crippen molar-refractivity contribution >= 4 is 0 Å². The number of unbranched alkanes of at least 4 members (excludes halogenated alkanes) is 1. The van der Waals surface area contributed by atoms with Crippen LogP contribution in [-0.2, 0) is 0 Å². The molecule has 0 fully saturated rings. The normalized spacial score (nSPS) is 18.9. The number of halogens is 1. The first-order valence-corrected chi connectivity index (χ1v) is 9.49. The Morgan fingerprint density at radius 1 is 1.25 bits per heavy atom. The van der Waals surface area contributed by atoms with Crippen LogP contribution in [0.25, 0.3) is 0 Å². The van der Waals surface area contributed by atoms with Crippen molar-refractivity contribution < 1.29 is 4.39 Å². The molecular weight excluding hydrogens is 297 g/mol. The van der Waals surface area contributed by atoms with Crippen LogP contribution in [0.5, 0.6) is 0 Å². The van der Waals surface area contributed by atoms with Gasteiger partial charge < -0.3 is 4.90 Å². The van der Waals surface area contributed by atoms with E-state index in [0.29, 0.717) is 0 Å². The molecule has 0 aliphatic carbocycles. The van der Waals surface area contributed by atoms with Crippen molar-refractivity contribution in [3.8, 4) is 0 Å². The SMILES string of the molecule is C=C/C=C(F)\C=C/CC1=CCCN(CCCC)CCCCCC=C1. The van der Waals surface area contributed by atoms with Gasteiger partial charge >= 0.3 is 0 Å². The maximum atomic E-state index is 13.3. The van der Waals surface area contributed by atoms with Crippen LogP contribution in [0.3, 0.4) is 0 Å². The lowest BCUT2D eigenvalue weighted by Crippen LogP contribution is -2.27. The van der Waals surface area contributed by atoms with Crippen LogP contribution in [-0.4, -0.2) is 24.5 Å². The molecule has 0 spiro atoms. The Bertz CT molecular complexity index is 457. The van der Waals surface area contributed by atoms with Gasteiger partial charge in [-0.15, -0.1) is 0 Å². The van der Waals surface area contributed by atoms with Crippen LogP contribution >= 0.6 is 0 Å². The largest absolute Gasteiger partial charge is 0.303 e. The summed E-state index contributed by atoms with van der Waals surface area (Å²) in [5.41, 5.74) is 1.29. The predicted octanol–water partition coefficient (Wildman–Crippen LogP) is 6.52. The summed E-state index contributed by atoms with van der Waals surface area (Å²) >= 11 is 0. The number of nitrogens with zero attached hydrogens (tertiary/aromatic N) is 1. The molecule has 0 aromatic carbocycles. The highest BCUT2D eigenvalue weighted by atomic mass is 19.1. The summed E-state index contributed by atoms with van der Waals surface area (Å²) in [7, 11) is 0. The third-order valence-electron chi connectivity index (χ3n) is 4.26. The Morgan fingerprint density at radius 2 is 2.12 bits per heavy atom. The van der Waals surface area contributed by atoms with Crippen LogP contribution in [0.4, 0.5) is 4.39 Å². The van der Waals surface area contributed by atoms with Gasteiger partial charge in [0.25, 0.3) is 0 Å². The summed E-state index contributed by atoms with van der Waals surface area (Å²) in [5.74, 6) is -0.242. The van der Waals surface area contributed by atoms with Crippen molar-refractivity contribution in [2.75, 3.05) is 19.6 Å². The topological polar surface area (TPSA) is 3.24 Å². The van der Waals surface area contributed by atoms with Crippen molar-refractivity contribution in [2.45, 2.75) is 58.3 Å². The lowest BCUT2D eigenvalue weighted by molar-refractivity contribution is 0.267. The first-order chi connectivity index (χ1) is 11.8. The maximum Gasteiger partial charge on any atom is 0.122 e. The lowest BCUT2D eigenvalue weighted by Gasteiger charge is -2.21. The molecule has 1 heterocycles. The quantitative estimate of drug-likeness (QED) is 0.480. The molecule has 1 aliphatic heterocycles. The van der Waals surface area contributed by atoms with E-state index in [2.05, 4.69) is 36.6 Å². The zero-order valence-electron chi connectivity index (χ0n) is 15.4. The first kappa shape index (κ1) is 20.6. The molecule has 1 rings (SSSR count). The summed E-state index contributed by atoms with van der Waals surface area (Å²) < 4.78 is 13.3. The summed E-state index contributed by atoms with van der Waals surface area (Å²) in [6.07, 6.45) is 22.5. The van der Waals surface area contributed by atoms with Crippen LogP contribution in [0.2, 0.25) is 0 Å². The van der Waals surface area contributed by atoms with Crippen molar-refractivity contribution in [3.05, 3.63) is 60.5 Å². The Labute approximate surface area is 148 Å². The second-order valence-electron chi connectivity index (χ2n) is 6.41. The van der Waals surface area contributed by atoms with Gasteiger partial charge in [0, 0.05) is 6.54 Å². The fourth-order valence-electron chi connectivity index (χ4n) is 2.85. The minimum Gasteiger partial charge on any atom is -0.303 e. The van der Waals surface area contributed by atoms with E-state index in [1.54, 1.807) is 0 Å². The summed E-state index contributed by atoms with van der Waals surface area (Å²) in [6, 6.07) is 0. The minimum atomic E-state index is -0.242. The molecule has 0 N–H and O–H groups in total. The van der Waals surface area contributed by atoms with Gasteiger partial charge in [0.05, 0.1) is 0 Å². The highest BCUT2D eigenvalue weighted by molar-refractivity contribution is 5.24. The monoisotopic (exact) mass is 331 g/mol. The van der Waals surface area contributed by atoms with E-state index in [1.165, 1.54) is 69.0 Å². The van der Waals surface area contributed by atoms with E-state index in [1.807, 2.05) is 6.08 Å². The van der Waals surface area contributed by atoms with E-state index >= 15 is 0 Å². The summed E-state index contributed by atoms with van der Waals surface area (Å²) in [5, 5.41) is 0. The van der Waals surface area contributed by atoms with Crippen LogP contribution < -0.4 is 0 Å². The molecule has 0 saturated carbocycles. The molecule has 0 radical (unpaired) electrons. The molecule has 0 unspecified atom stereocenters. The molecule has 0 atom stereocenters. The van der Waals surface area contributed by atoms with Gasteiger partial charge in [-0.05, 0) is 69.3 Å². The molecule has 24 heavy (non-hydrogen) atoms. The standard InChI is InChI=1S/C22H34FN/c1-3-5-18-24-19-10-8-6-7-9-14-21(16-12-20-24)15-11-17-22(23)13-4-2/h4,9,11,13-14,16-17H,2-3,5-8,10,12,15,18-20H2,1H3/b14-9?,17-11-,21-16?,22-13+. The van der Waals surface area contributed by atoms with E-state index in [4.69, 9.17) is 0 Å². The van der Waals surface area contributed by atoms with E-state index in [0.717, 1.165) is 25.8 Å². The van der Waals surface area contributed by atoms with Crippen molar-refractivity contribution in [2.24, 2.45) is 0 Å². The average Bonchev–Trinajstić information content (AvgIpc) is 2.56. The van der Waals surface area contributed by atoms with Gasteiger partial charge in [-0.1, -0.05) is 56.7 Å². The molecule has 0 saturated heterocycles. The molecule has 2 heteroatoms. The van der Waals surface area contributed by atoms with Gasteiger partial charge in [-0.3, -0.25) is 0 Å². The Balaban J connectivity index is 2.62. The molecule has 1 aliphatic rings. The van der Waals surface area contributed by atoms with Gasteiger partial charge in [-0.2, -0.15) is 0 Å². The smallest absolute Gasteiger partial charge is 0.122 e. The second-order valence-corrected chi connectivity index (χ2v) is 6.41. The molecular formula is C22H34FN. The third kappa shape index (κ3) is 10.4. The van der Waals surface area contributed by atoms with Crippen LogP contribution in [0, 0.1) is 0 Å². The highest BCUT2D eigenvalue weighted by Crippen LogP contribution is 2.13. The summed E-state index contributed by atoms with van der Waals surface area (Å²) in [4.78, 5) is 2.60. The van der Waals surface area contributed by atoms with Crippen LogP contribution in [0.1, 0.15) is 58.3 Å². The van der Waals surface area contributed by atoms with Crippen molar-refractivity contribution in [1.82, 2.24) is 4.90 Å². The Kier molecular flexibility index (Phi) is 12.0. The van der Waals surface area contributed by atoms with E-state index in [9.17, 15) is 4.39 Å². The average molecular weight is 332 g/mol. The zero-order chi connectivity index (χ0) is 17.5. The molecule has 0 amide bonds. The lowest BCUT2D eigenvalue weighted by atomic mass is 10.1. The fourth-order valence-corrected chi connectivity index (χ4v) is 2.85. The Morgan fingerprint density at radius 3 is 2.92 bits per heavy atom. The molecule has 1 nitrogen and oxygen atoms in total. The number of hydrogen-bond acceptors (Lipinski definition) is 1. The number of hydrogen-bond donors (Lipinski definition) is 0. The van der Waals surface area contributed by atoms with Gasteiger partial charge in [0.15, 0.2) is 0 Å². The van der Waals surface area contributed by atoms with E-state index < -0.39 is 0 Å². The van der Waals surface area contributed by atoms with Gasteiger partial charge in [-0.25, -0.2) is 4.39 Å². The molecule has 0 aromatic heterocycles. The van der Waals surface area contributed by atoms with Gasteiger partial charge in [0.2, 0.25) is 0 Å². The molecule has 0 bridgehead atoms. The zero-order valence-corrected chi connectivity index (χ0v) is 15.4. The van der Waals surface area contributed by atoms with E-state index in [-0.39, 0.29) is 5.83 Å². The number of allylic oxidation sites excluding steroid dienone is 8. The van der Waals surface area contributed by atoms with Crippen LogP contribution in [0.15, 0.2) is 60.5 Å². The Hall–Kier alpha value is -1.41. The van der Waals surface area contributed by atoms with Crippen molar-refractivity contribution in [1.29, 1.82) is 0 Å². The predicted molar refractivity (Wildman–Crippen MR) is 105 cm³/mol. The fraction of sp³-hybridized carbons (Fsp3) is 0.545. The second kappa shape index (κ2) is 14.0.